The van der Waals surface area contributed by atoms with E-state index in [0.29, 0.717) is 38.1 Å². The highest BCUT2D eigenvalue weighted by Gasteiger charge is 2.28. The summed E-state index contributed by atoms with van der Waals surface area (Å²) in [5.74, 6) is 0.604. The minimum Gasteiger partial charge on any atom is -0.494 e. The Bertz CT molecular complexity index is 1040. The van der Waals surface area contributed by atoms with Gasteiger partial charge < -0.3 is 15.4 Å². The highest BCUT2D eigenvalue weighted by molar-refractivity contribution is 5.95. The number of ether oxygens (including phenoxy) is 1. The van der Waals surface area contributed by atoms with E-state index in [1.54, 1.807) is 10.9 Å². The maximum Gasteiger partial charge on any atom is 0.255 e. The number of nitrogens with zero attached hydrogens (tertiary/aromatic N) is 2. The molecule has 1 aromatic heterocycles. The third-order valence-electron chi connectivity index (χ3n) is 5.29. The Labute approximate surface area is 181 Å². The van der Waals surface area contributed by atoms with Gasteiger partial charge in [0.15, 0.2) is 0 Å². The Morgan fingerprint density at radius 1 is 1.10 bits per heavy atom. The summed E-state index contributed by atoms with van der Waals surface area (Å²) >= 11 is 0. The van der Waals surface area contributed by atoms with Crippen molar-refractivity contribution in [1.82, 2.24) is 20.4 Å². The summed E-state index contributed by atoms with van der Waals surface area (Å²) in [4.78, 5) is 25.1. The molecule has 1 aliphatic rings. The molecule has 0 unspecified atom stereocenters. The van der Waals surface area contributed by atoms with Crippen LogP contribution in [0.2, 0.25) is 0 Å². The zero-order valence-electron chi connectivity index (χ0n) is 17.5. The Balaban J connectivity index is 1.30. The van der Waals surface area contributed by atoms with Crippen LogP contribution in [0, 0.1) is 0 Å². The molecule has 1 aliphatic heterocycles. The summed E-state index contributed by atoms with van der Waals surface area (Å²) in [7, 11) is 0. The largest absolute Gasteiger partial charge is 0.494 e. The van der Waals surface area contributed by atoms with Crippen molar-refractivity contribution in [2.45, 2.75) is 38.9 Å². The van der Waals surface area contributed by atoms with Crippen LogP contribution >= 0.6 is 0 Å². The predicted molar refractivity (Wildman–Crippen MR) is 117 cm³/mol. The Hall–Kier alpha value is -3.61. The predicted octanol–water partition coefficient (Wildman–Crippen LogP) is 2.50. The number of fused-ring (bicyclic) bond motifs is 1. The number of nitrogens with one attached hydrogen (secondary N) is 2. The fourth-order valence-corrected chi connectivity index (χ4v) is 3.78. The SMILES string of the molecule is CCOc1ccc(CC(=O)N[C@H]2Cc3c(C(=O)NCc4ccccc4)cnn3C2)cc1. The van der Waals surface area contributed by atoms with Crippen molar-refractivity contribution in [3.05, 3.63) is 83.2 Å². The van der Waals surface area contributed by atoms with Gasteiger partial charge in [-0.15, -0.1) is 0 Å². The molecule has 2 N–H and O–H groups in total. The molecule has 31 heavy (non-hydrogen) atoms. The maximum atomic E-state index is 12.6. The van der Waals surface area contributed by atoms with E-state index in [-0.39, 0.29) is 17.9 Å². The van der Waals surface area contributed by atoms with Gasteiger partial charge in [0.05, 0.1) is 43.1 Å². The smallest absolute Gasteiger partial charge is 0.255 e. The van der Waals surface area contributed by atoms with Gasteiger partial charge in [-0.25, -0.2) is 0 Å². The van der Waals surface area contributed by atoms with Crippen LogP contribution in [0.25, 0.3) is 0 Å². The van der Waals surface area contributed by atoms with E-state index in [4.69, 9.17) is 4.74 Å². The summed E-state index contributed by atoms with van der Waals surface area (Å²) in [6.07, 6.45) is 2.49. The van der Waals surface area contributed by atoms with Gasteiger partial charge >= 0.3 is 0 Å². The van der Waals surface area contributed by atoms with Crippen LogP contribution in [0.3, 0.4) is 0 Å². The third-order valence-corrected chi connectivity index (χ3v) is 5.29. The summed E-state index contributed by atoms with van der Waals surface area (Å²) in [6, 6.07) is 17.3. The van der Waals surface area contributed by atoms with Crippen molar-refractivity contribution in [2.24, 2.45) is 0 Å². The van der Waals surface area contributed by atoms with Gasteiger partial charge in [0, 0.05) is 13.0 Å². The number of aromatic nitrogens is 2. The number of amides is 2. The van der Waals surface area contributed by atoms with E-state index in [0.717, 1.165) is 22.6 Å². The third kappa shape index (κ3) is 5.12. The van der Waals surface area contributed by atoms with E-state index in [9.17, 15) is 9.59 Å². The van der Waals surface area contributed by atoms with Gasteiger partial charge in [-0.05, 0) is 30.2 Å². The first-order chi connectivity index (χ1) is 15.1. The molecule has 2 heterocycles. The molecule has 1 atom stereocenters. The molecule has 0 radical (unpaired) electrons. The molecule has 0 fully saturated rings. The number of hydrogen-bond acceptors (Lipinski definition) is 4. The molecule has 0 saturated heterocycles. The number of benzene rings is 2. The maximum absolute atomic E-state index is 12.6. The first-order valence-electron chi connectivity index (χ1n) is 10.5. The Kier molecular flexibility index (Phi) is 6.31. The summed E-state index contributed by atoms with van der Waals surface area (Å²) in [5.41, 5.74) is 3.40. The van der Waals surface area contributed by atoms with Crippen LogP contribution in [0.15, 0.2) is 60.8 Å². The lowest BCUT2D eigenvalue weighted by Crippen LogP contribution is -2.37. The van der Waals surface area contributed by atoms with Crippen molar-refractivity contribution in [2.75, 3.05) is 6.61 Å². The van der Waals surface area contributed by atoms with Crippen LogP contribution in [0.5, 0.6) is 5.75 Å². The van der Waals surface area contributed by atoms with Crippen LogP contribution < -0.4 is 15.4 Å². The fraction of sp³-hybridized carbons (Fsp3) is 0.292. The van der Waals surface area contributed by atoms with Crippen molar-refractivity contribution >= 4 is 11.8 Å². The Morgan fingerprint density at radius 3 is 2.61 bits per heavy atom. The average molecular weight is 418 g/mol. The van der Waals surface area contributed by atoms with E-state index in [1.165, 1.54) is 0 Å². The molecule has 3 aromatic rings. The second kappa shape index (κ2) is 9.47. The standard InChI is InChI=1S/C24H26N4O3/c1-2-31-20-10-8-17(9-11-20)12-23(29)27-19-13-22-21(15-26-28(22)16-19)24(30)25-14-18-6-4-3-5-7-18/h3-11,15,19H,2,12-14,16H2,1H3,(H,25,30)(H,27,29)/t19-/m0/s1. The zero-order valence-corrected chi connectivity index (χ0v) is 17.5. The molecule has 2 aromatic carbocycles. The average Bonchev–Trinajstić information content (AvgIpc) is 3.34. The normalized spacial score (nSPS) is 14.7. The number of rotatable bonds is 8. The topological polar surface area (TPSA) is 85.2 Å². The van der Waals surface area contributed by atoms with Crippen molar-refractivity contribution in [3.8, 4) is 5.75 Å². The van der Waals surface area contributed by atoms with Crippen molar-refractivity contribution in [3.63, 3.8) is 0 Å². The molecule has 0 aliphatic carbocycles. The molecule has 0 bridgehead atoms. The van der Waals surface area contributed by atoms with E-state index in [1.807, 2.05) is 61.5 Å². The summed E-state index contributed by atoms with van der Waals surface area (Å²) < 4.78 is 7.24. The Morgan fingerprint density at radius 2 is 1.87 bits per heavy atom. The van der Waals surface area contributed by atoms with Gasteiger partial charge in [-0.2, -0.15) is 5.10 Å². The van der Waals surface area contributed by atoms with Gasteiger partial charge in [0.25, 0.3) is 5.91 Å². The first-order valence-corrected chi connectivity index (χ1v) is 10.5. The van der Waals surface area contributed by atoms with Crippen LogP contribution in [0.4, 0.5) is 0 Å². The monoisotopic (exact) mass is 418 g/mol. The van der Waals surface area contributed by atoms with E-state index in [2.05, 4.69) is 15.7 Å². The lowest BCUT2D eigenvalue weighted by Gasteiger charge is -2.12. The summed E-state index contributed by atoms with van der Waals surface area (Å²) in [5, 5.41) is 10.3. The van der Waals surface area contributed by atoms with E-state index >= 15 is 0 Å². The fourth-order valence-electron chi connectivity index (χ4n) is 3.78. The zero-order chi connectivity index (χ0) is 21.6. The lowest BCUT2D eigenvalue weighted by atomic mass is 10.1. The van der Waals surface area contributed by atoms with Crippen LogP contribution in [-0.4, -0.2) is 34.2 Å². The highest BCUT2D eigenvalue weighted by Crippen LogP contribution is 2.19. The van der Waals surface area contributed by atoms with E-state index < -0.39 is 0 Å². The van der Waals surface area contributed by atoms with Crippen LogP contribution in [-0.2, 0) is 30.7 Å². The second-order valence-electron chi connectivity index (χ2n) is 7.58. The second-order valence-corrected chi connectivity index (χ2v) is 7.58. The van der Waals surface area contributed by atoms with Crippen LogP contribution in [0.1, 0.15) is 34.1 Å². The summed E-state index contributed by atoms with van der Waals surface area (Å²) in [6.45, 7) is 3.58. The van der Waals surface area contributed by atoms with Gasteiger partial charge in [-0.1, -0.05) is 42.5 Å². The molecule has 0 spiro atoms. The first kappa shape index (κ1) is 20.7. The van der Waals surface area contributed by atoms with Crippen molar-refractivity contribution in [1.29, 1.82) is 0 Å². The molecular formula is C24H26N4O3. The molecule has 2 amide bonds. The number of hydrogen-bond donors (Lipinski definition) is 2. The molecule has 160 valence electrons. The quantitative estimate of drug-likeness (QED) is 0.589. The number of carbonyl (C=O) groups excluding carboxylic acids is 2. The van der Waals surface area contributed by atoms with Gasteiger partial charge in [0.2, 0.25) is 5.91 Å². The number of carbonyl (C=O) groups is 2. The molecule has 7 heteroatoms. The van der Waals surface area contributed by atoms with Crippen molar-refractivity contribution < 1.29 is 14.3 Å². The minimum absolute atomic E-state index is 0.0463. The minimum atomic E-state index is -0.147. The molecule has 4 rings (SSSR count). The highest BCUT2D eigenvalue weighted by atomic mass is 16.5. The lowest BCUT2D eigenvalue weighted by molar-refractivity contribution is -0.121. The molecular weight excluding hydrogens is 392 g/mol. The molecule has 0 saturated carbocycles. The molecule has 7 nitrogen and oxygen atoms in total. The van der Waals surface area contributed by atoms with Gasteiger partial charge in [0.1, 0.15) is 5.75 Å². The van der Waals surface area contributed by atoms with Gasteiger partial charge in [-0.3, -0.25) is 14.3 Å².